The van der Waals surface area contributed by atoms with Crippen LogP contribution in [-0.4, -0.2) is 56.3 Å². The van der Waals surface area contributed by atoms with Crippen molar-refractivity contribution in [3.05, 3.63) is 17.7 Å². The van der Waals surface area contributed by atoms with Gasteiger partial charge in [0, 0.05) is 6.54 Å². The molecule has 1 aliphatic rings. The molecule has 1 N–H and O–H groups in total. The summed E-state index contributed by atoms with van der Waals surface area (Å²) in [6.07, 6.45) is 0.867. The van der Waals surface area contributed by atoms with Gasteiger partial charge in [-0.05, 0) is 51.7 Å². The molecule has 1 amide bonds. The van der Waals surface area contributed by atoms with Crippen LogP contribution in [0.5, 0.6) is 11.5 Å². The van der Waals surface area contributed by atoms with Gasteiger partial charge in [-0.3, -0.25) is 4.79 Å². The van der Waals surface area contributed by atoms with Crippen molar-refractivity contribution < 1.29 is 19.4 Å². The number of fused-ring (bicyclic) bond motifs is 1. The van der Waals surface area contributed by atoms with Crippen molar-refractivity contribution in [1.82, 2.24) is 4.90 Å². The molecule has 6 heteroatoms. The molecule has 22 heavy (non-hydrogen) atoms. The quantitative estimate of drug-likeness (QED) is 0.821. The van der Waals surface area contributed by atoms with Crippen molar-refractivity contribution >= 4 is 11.6 Å². The van der Waals surface area contributed by atoms with Gasteiger partial charge in [0.25, 0.3) is 5.91 Å². The standard InChI is InChI=1S/C16H24N2O4/c1-4-21-14-9-12(10-19)8-13-16(14)22-11-15(20)18(13)7-5-6-17(2)3/h8-9,19H,4-7,10-11H2,1-3H3. The van der Waals surface area contributed by atoms with E-state index in [1.54, 1.807) is 17.0 Å². The summed E-state index contributed by atoms with van der Waals surface area (Å²) in [4.78, 5) is 16.0. The summed E-state index contributed by atoms with van der Waals surface area (Å²) < 4.78 is 11.2. The normalized spacial score (nSPS) is 14.0. The minimum atomic E-state index is -0.104. The van der Waals surface area contributed by atoms with Crippen molar-refractivity contribution in [2.75, 3.05) is 45.3 Å². The average molecular weight is 308 g/mol. The minimum Gasteiger partial charge on any atom is -0.490 e. The Morgan fingerprint density at radius 3 is 2.82 bits per heavy atom. The van der Waals surface area contributed by atoms with E-state index in [2.05, 4.69) is 4.90 Å². The zero-order valence-electron chi connectivity index (χ0n) is 13.5. The summed E-state index contributed by atoms with van der Waals surface area (Å²) in [5, 5.41) is 9.43. The monoisotopic (exact) mass is 308 g/mol. The van der Waals surface area contributed by atoms with E-state index in [1.807, 2.05) is 21.0 Å². The maximum Gasteiger partial charge on any atom is 0.265 e. The van der Waals surface area contributed by atoms with Crippen LogP contribution in [0.3, 0.4) is 0 Å². The molecule has 0 aliphatic carbocycles. The molecule has 0 unspecified atom stereocenters. The first-order valence-corrected chi connectivity index (χ1v) is 7.55. The predicted octanol–water partition coefficient (Wildman–Crippen LogP) is 1.25. The maximum absolute atomic E-state index is 12.2. The van der Waals surface area contributed by atoms with E-state index in [4.69, 9.17) is 9.47 Å². The fourth-order valence-corrected chi connectivity index (χ4v) is 2.48. The Bertz CT molecular complexity index is 531. The van der Waals surface area contributed by atoms with E-state index in [1.165, 1.54) is 0 Å². The lowest BCUT2D eigenvalue weighted by molar-refractivity contribution is -0.121. The van der Waals surface area contributed by atoms with Crippen molar-refractivity contribution in [3.63, 3.8) is 0 Å². The Balaban J connectivity index is 2.30. The van der Waals surface area contributed by atoms with E-state index in [0.717, 1.165) is 13.0 Å². The summed E-state index contributed by atoms with van der Waals surface area (Å²) >= 11 is 0. The van der Waals surface area contributed by atoms with Crippen LogP contribution in [0.4, 0.5) is 5.69 Å². The number of anilines is 1. The lowest BCUT2D eigenvalue weighted by atomic mass is 10.1. The second kappa shape index (κ2) is 7.47. The number of hydrogen-bond donors (Lipinski definition) is 1. The summed E-state index contributed by atoms with van der Waals surface area (Å²) in [5.74, 6) is 1.10. The largest absolute Gasteiger partial charge is 0.490 e. The molecule has 122 valence electrons. The molecule has 0 radical (unpaired) electrons. The zero-order valence-corrected chi connectivity index (χ0v) is 13.5. The number of rotatable bonds is 7. The van der Waals surface area contributed by atoms with Crippen LogP contribution in [0, 0.1) is 0 Å². The number of amides is 1. The molecule has 1 heterocycles. The second-order valence-electron chi connectivity index (χ2n) is 5.52. The average Bonchev–Trinajstić information content (AvgIpc) is 2.49. The van der Waals surface area contributed by atoms with E-state index in [0.29, 0.717) is 35.9 Å². The lowest BCUT2D eigenvalue weighted by Gasteiger charge is -2.31. The first kappa shape index (κ1) is 16.6. The van der Waals surface area contributed by atoms with Gasteiger partial charge in [-0.25, -0.2) is 0 Å². The Morgan fingerprint density at radius 2 is 2.18 bits per heavy atom. The van der Waals surface area contributed by atoms with Gasteiger partial charge in [0.1, 0.15) is 0 Å². The molecule has 2 rings (SSSR count). The Kier molecular flexibility index (Phi) is 5.63. The van der Waals surface area contributed by atoms with Crippen LogP contribution in [0.1, 0.15) is 18.9 Å². The van der Waals surface area contributed by atoms with Crippen LogP contribution >= 0.6 is 0 Å². The maximum atomic E-state index is 12.2. The van der Waals surface area contributed by atoms with Crippen LogP contribution in [-0.2, 0) is 11.4 Å². The molecule has 0 aromatic heterocycles. The molecule has 0 atom stereocenters. The lowest BCUT2D eigenvalue weighted by Crippen LogP contribution is -2.40. The molecular formula is C16H24N2O4. The van der Waals surface area contributed by atoms with Crippen LogP contribution in [0.2, 0.25) is 0 Å². The number of carbonyl (C=O) groups is 1. The fourth-order valence-electron chi connectivity index (χ4n) is 2.48. The number of hydrogen-bond acceptors (Lipinski definition) is 5. The van der Waals surface area contributed by atoms with E-state index < -0.39 is 0 Å². The number of aliphatic hydroxyl groups excluding tert-OH is 1. The molecular weight excluding hydrogens is 284 g/mol. The van der Waals surface area contributed by atoms with Gasteiger partial charge in [0.05, 0.1) is 18.9 Å². The van der Waals surface area contributed by atoms with Gasteiger partial charge in [0.15, 0.2) is 18.1 Å². The number of nitrogens with zero attached hydrogens (tertiary/aromatic N) is 2. The van der Waals surface area contributed by atoms with Crippen LogP contribution < -0.4 is 14.4 Å². The van der Waals surface area contributed by atoms with Crippen molar-refractivity contribution in [2.24, 2.45) is 0 Å². The SMILES string of the molecule is CCOc1cc(CO)cc2c1OCC(=O)N2CCCN(C)C. The molecule has 1 aromatic rings. The first-order valence-electron chi connectivity index (χ1n) is 7.55. The number of carbonyl (C=O) groups excluding carboxylic acids is 1. The zero-order chi connectivity index (χ0) is 16.1. The number of ether oxygens (including phenoxy) is 2. The Labute approximate surface area is 131 Å². The molecule has 1 aliphatic heterocycles. The number of aliphatic hydroxyl groups is 1. The highest BCUT2D eigenvalue weighted by molar-refractivity contribution is 5.98. The van der Waals surface area contributed by atoms with Crippen molar-refractivity contribution in [3.8, 4) is 11.5 Å². The minimum absolute atomic E-state index is 0.0213. The molecule has 0 bridgehead atoms. The Hall–Kier alpha value is -1.79. The molecule has 0 saturated carbocycles. The van der Waals surface area contributed by atoms with Crippen molar-refractivity contribution in [1.29, 1.82) is 0 Å². The van der Waals surface area contributed by atoms with E-state index >= 15 is 0 Å². The van der Waals surface area contributed by atoms with E-state index in [-0.39, 0.29) is 19.1 Å². The topological polar surface area (TPSA) is 62.2 Å². The first-order chi connectivity index (χ1) is 10.6. The third-order valence-corrected chi connectivity index (χ3v) is 3.50. The van der Waals surface area contributed by atoms with Gasteiger partial charge < -0.3 is 24.4 Å². The number of benzene rings is 1. The smallest absolute Gasteiger partial charge is 0.265 e. The van der Waals surface area contributed by atoms with Gasteiger partial charge in [-0.1, -0.05) is 0 Å². The highest BCUT2D eigenvalue weighted by Gasteiger charge is 2.28. The van der Waals surface area contributed by atoms with Gasteiger partial charge in [-0.15, -0.1) is 0 Å². The van der Waals surface area contributed by atoms with E-state index in [9.17, 15) is 9.90 Å². The summed E-state index contributed by atoms with van der Waals surface area (Å²) in [7, 11) is 4.01. The molecule has 6 nitrogen and oxygen atoms in total. The van der Waals surface area contributed by atoms with Gasteiger partial charge in [-0.2, -0.15) is 0 Å². The molecule has 1 aromatic carbocycles. The van der Waals surface area contributed by atoms with Crippen LogP contribution in [0.25, 0.3) is 0 Å². The molecule has 0 fully saturated rings. The molecule has 0 saturated heterocycles. The third-order valence-electron chi connectivity index (χ3n) is 3.50. The summed E-state index contributed by atoms with van der Waals surface area (Å²) in [5.41, 5.74) is 1.39. The highest BCUT2D eigenvalue weighted by Crippen LogP contribution is 2.41. The third kappa shape index (κ3) is 3.69. The Morgan fingerprint density at radius 1 is 1.41 bits per heavy atom. The summed E-state index contributed by atoms with van der Waals surface area (Å²) in [6.45, 7) is 3.83. The summed E-state index contributed by atoms with van der Waals surface area (Å²) in [6, 6.07) is 3.56. The second-order valence-corrected chi connectivity index (χ2v) is 5.52. The van der Waals surface area contributed by atoms with Gasteiger partial charge >= 0.3 is 0 Å². The predicted molar refractivity (Wildman–Crippen MR) is 84.6 cm³/mol. The van der Waals surface area contributed by atoms with Gasteiger partial charge in [0.2, 0.25) is 0 Å². The van der Waals surface area contributed by atoms with Crippen molar-refractivity contribution in [2.45, 2.75) is 20.0 Å². The molecule has 0 spiro atoms. The highest BCUT2D eigenvalue weighted by atomic mass is 16.5. The fraction of sp³-hybridized carbons (Fsp3) is 0.562. The van der Waals surface area contributed by atoms with Crippen LogP contribution in [0.15, 0.2) is 12.1 Å².